The number of rotatable bonds is 5. The van der Waals surface area contributed by atoms with Crippen molar-refractivity contribution in [2.75, 3.05) is 5.75 Å². The smallest absolute Gasteiger partial charge is 0.154 e. The summed E-state index contributed by atoms with van der Waals surface area (Å²) in [6, 6.07) is 6.96. The molecule has 1 atom stereocenters. The second-order valence-corrected chi connectivity index (χ2v) is 7.62. The van der Waals surface area contributed by atoms with Gasteiger partial charge in [0.1, 0.15) is 5.78 Å². The van der Waals surface area contributed by atoms with E-state index in [1.165, 1.54) is 0 Å². The first-order valence-corrected chi connectivity index (χ1v) is 8.64. The molecule has 0 heterocycles. The van der Waals surface area contributed by atoms with E-state index in [4.69, 9.17) is 11.6 Å². The first kappa shape index (κ1) is 14.5. The third-order valence-corrected chi connectivity index (χ3v) is 5.52. The molecule has 2 rings (SSSR count). The van der Waals surface area contributed by atoms with Gasteiger partial charge in [0.25, 0.3) is 0 Å². The van der Waals surface area contributed by atoms with Crippen molar-refractivity contribution in [1.29, 1.82) is 0 Å². The number of carbonyl (C=O) groups excluding carboxylic acids is 1. The summed E-state index contributed by atoms with van der Waals surface area (Å²) in [6.45, 7) is 0. The Morgan fingerprint density at radius 2 is 2.00 bits per heavy atom. The van der Waals surface area contributed by atoms with E-state index in [-0.39, 0.29) is 23.2 Å². The second kappa shape index (κ2) is 6.06. The van der Waals surface area contributed by atoms with Crippen LogP contribution in [0.3, 0.4) is 0 Å². The van der Waals surface area contributed by atoms with E-state index in [1.807, 2.05) is 0 Å². The standard InChI is InChI=1S/C14H17ClO3S/c15-13-6-2-1-4-12(13)10-19(17,18)9-8-11-5-3-7-14(11)16/h1-2,4,6,11H,3,5,7-10H2. The molecule has 0 bridgehead atoms. The van der Waals surface area contributed by atoms with Crippen molar-refractivity contribution in [3.05, 3.63) is 34.9 Å². The van der Waals surface area contributed by atoms with Crippen LogP contribution in [0.5, 0.6) is 0 Å². The fraction of sp³-hybridized carbons (Fsp3) is 0.500. The summed E-state index contributed by atoms with van der Waals surface area (Å²) >= 11 is 5.96. The van der Waals surface area contributed by atoms with Gasteiger partial charge in [-0.1, -0.05) is 29.8 Å². The summed E-state index contributed by atoms with van der Waals surface area (Å²) in [5.41, 5.74) is 0.627. The molecule has 1 aromatic rings. The number of carbonyl (C=O) groups is 1. The third-order valence-electron chi connectivity index (χ3n) is 3.54. The van der Waals surface area contributed by atoms with E-state index in [9.17, 15) is 13.2 Å². The second-order valence-electron chi connectivity index (χ2n) is 5.03. The Hall–Kier alpha value is -0.870. The SMILES string of the molecule is O=C1CCCC1CCS(=O)(=O)Cc1ccccc1Cl. The summed E-state index contributed by atoms with van der Waals surface area (Å²) < 4.78 is 24.1. The zero-order valence-electron chi connectivity index (χ0n) is 10.6. The Kier molecular flexibility index (Phi) is 4.63. The maximum absolute atomic E-state index is 12.0. The Labute approximate surface area is 118 Å². The minimum absolute atomic E-state index is 0.0480. The molecule has 1 aromatic carbocycles. The van der Waals surface area contributed by atoms with Crippen molar-refractivity contribution >= 4 is 27.2 Å². The van der Waals surface area contributed by atoms with Gasteiger partial charge in [-0.2, -0.15) is 0 Å². The van der Waals surface area contributed by atoms with Gasteiger partial charge in [-0.25, -0.2) is 8.42 Å². The molecule has 0 aliphatic heterocycles. The fourth-order valence-corrected chi connectivity index (χ4v) is 4.23. The number of benzene rings is 1. The molecule has 5 heteroatoms. The van der Waals surface area contributed by atoms with Crippen LogP contribution in [0.25, 0.3) is 0 Å². The molecule has 0 N–H and O–H groups in total. The van der Waals surface area contributed by atoms with Gasteiger partial charge in [-0.05, 0) is 30.9 Å². The lowest BCUT2D eigenvalue weighted by molar-refractivity contribution is -0.120. The minimum Gasteiger partial charge on any atom is -0.299 e. The molecule has 1 fully saturated rings. The van der Waals surface area contributed by atoms with Gasteiger partial charge in [0.2, 0.25) is 0 Å². The van der Waals surface area contributed by atoms with E-state index in [2.05, 4.69) is 0 Å². The molecule has 0 amide bonds. The highest BCUT2D eigenvalue weighted by Crippen LogP contribution is 2.25. The zero-order valence-corrected chi connectivity index (χ0v) is 12.2. The highest BCUT2D eigenvalue weighted by Gasteiger charge is 2.26. The summed E-state index contributed by atoms with van der Waals surface area (Å²) in [6.07, 6.45) is 2.79. The van der Waals surface area contributed by atoms with Crippen molar-refractivity contribution in [1.82, 2.24) is 0 Å². The minimum atomic E-state index is -3.20. The maximum atomic E-state index is 12.0. The molecular formula is C14H17ClO3S. The molecule has 104 valence electrons. The average molecular weight is 301 g/mol. The van der Waals surface area contributed by atoms with Crippen LogP contribution in [0.2, 0.25) is 5.02 Å². The molecular weight excluding hydrogens is 284 g/mol. The predicted molar refractivity (Wildman–Crippen MR) is 75.9 cm³/mol. The highest BCUT2D eigenvalue weighted by molar-refractivity contribution is 7.90. The molecule has 0 radical (unpaired) electrons. The van der Waals surface area contributed by atoms with Gasteiger partial charge in [-0.15, -0.1) is 0 Å². The Morgan fingerprint density at radius 3 is 2.63 bits per heavy atom. The Bertz CT molecular complexity index is 566. The number of hydrogen-bond acceptors (Lipinski definition) is 3. The van der Waals surface area contributed by atoms with Crippen molar-refractivity contribution in [3.63, 3.8) is 0 Å². The van der Waals surface area contributed by atoms with E-state index in [0.717, 1.165) is 12.8 Å². The third kappa shape index (κ3) is 4.05. The fourth-order valence-electron chi connectivity index (χ4n) is 2.44. The lowest BCUT2D eigenvalue weighted by Gasteiger charge is -2.09. The van der Waals surface area contributed by atoms with Gasteiger partial charge in [0.15, 0.2) is 9.84 Å². The maximum Gasteiger partial charge on any atom is 0.154 e. The number of hydrogen-bond donors (Lipinski definition) is 0. The first-order chi connectivity index (χ1) is 8.98. The van der Waals surface area contributed by atoms with Crippen LogP contribution in [0.15, 0.2) is 24.3 Å². The number of sulfone groups is 1. The topological polar surface area (TPSA) is 51.2 Å². The van der Waals surface area contributed by atoms with Crippen LogP contribution in [-0.4, -0.2) is 20.0 Å². The van der Waals surface area contributed by atoms with Gasteiger partial charge in [0.05, 0.1) is 11.5 Å². The van der Waals surface area contributed by atoms with Gasteiger partial charge in [-0.3, -0.25) is 4.79 Å². The Morgan fingerprint density at radius 1 is 1.26 bits per heavy atom. The summed E-state index contributed by atoms with van der Waals surface area (Å²) in [4.78, 5) is 11.5. The van der Waals surface area contributed by atoms with Crippen molar-refractivity contribution < 1.29 is 13.2 Å². The lowest BCUT2D eigenvalue weighted by Crippen LogP contribution is -2.15. The number of Topliss-reactive ketones (excluding diaryl/α,β-unsaturated/α-hetero) is 1. The summed E-state index contributed by atoms with van der Waals surface area (Å²) in [5, 5.41) is 0.475. The van der Waals surface area contributed by atoms with Crippen LogP contribution >= 0.6 is 11.6 Å². The zero-order chi connectivity index (χ0) is 13.9. The normalized spacial score (nSPS) is 19.8. The molecule has 0 saturated heterocycles. The summed E-state index contributed by atoms with van der Waals surface area (Å²) in [5.74, 6) is 0.177. The highest BCUT2D eigenvalue weighted by atomic mass is 35.5. The molecule has 19 heavy (non-hydrogen) atoms. The quantitative estimate of drug-likeness (QED) is 0.840. The van der Waals surface area contributed by atoms with E-state index in [0.29, 0.717) is 23.4 Å². The molecule has 1 unspecified atom stereocenters. The molecule has 0 aromatic heterocycles. The molecule has 1 saturated carbocycles. The Balaban J connectivity index is 1.95. The average Bonchev–Trinajstić information content (AvgIpc) is 2.75. The van der Waals surface area contributed by atoms with Crippen LogP contribution in [0.4, 0.5) is 0 Å². The van der Waals surface area contributed by atoms with Gasteiger partial charge >= 0.3 is 0 Å². The molecule has 3 nitrogen and oxygen atoms in total. The van der Waals surface area contributed by atoms with Crippen LogP contribution < -0.4 is 0 Å². The van der Waals surface area contributed by atoms with Crippen molar-refractivity contribution in [3.8, 4) is 0 Å². The monoisotopic (exact) mass is 300 g/mol. The van der Waals surface area contributed by atoms with E-state index >= 15 is 0 Å². The number of halogens is 1. The molecule has 0 spiro atoms. The summed E-state index contributed by atoms with van der Waals surface area (Å²) in [7, 11) is -3.20. The molecule has 1 aliphatic carbocycles. The number of ketones is 1. The molecule has 1 aliphatic rings. The van der Waals surface area contributed by atoms with Gasteiger partial charge in [0, 0.05) is 17.4 Å². The van der Waals surface area contributed by atoms with Crippen molar-refractivity contribution in [2.45, 2.75) is 31.4 Å². The van der Waals surface area contributed by atoms with Crippen LogP contribution in [-0.2, 0) is 20.4 Å². The van der Waals surface area contributed by atoms with Crippen molar-refractivity contribution in [2.24, 2.45) is 5.92 Å². The van der Waals surface area contributed by atoms with E-state index < -0.39 is 9.84 Å². The predicted octanol–water partition coefficient (Wildman–Crippen LogP) is 3.01. The van der Waals surface area contributed by atoms with Crippen LogP contribution in [0.1, 0.15) is 31.2 Å². The lowest BCUT2D eigenvalue weighted by atomic mass is 10.1. The van der Waals surface area contributed by atoms with Crippen LogP contribution in [0, 0.1) is 5.92 Å². The first-order valence-electron chi connectivity index (χ1n) is 6.44. The van der Waals surface area contributed by atoms with Gasteiger partial charge < -0.3 is 0 Å². The largest absolute Gasteiger partial charge is 0.299 e. The van der Waals surface area contributed by atoms with E-state index in [1.54, 1.807) is 24.3 Å².